The lowest BCUT2D eigenvalue weighted by atomic mass is 9.96. The first-order chi connectivity index (χ1) is 7.00. The summed E-state index contributed by atoms with van der Waals surface area (Å²) in [6.45, 7) is 3.60. The highest BCUT2D eigenvalue weighted by molar-refractivity contribution is 5.80. The number of nitrogens with one attached hydrogen (secondary N) is 1. The van der Waals surface area contributed by atoms with E-state index in [1.807, 2.05) is 0 Å². The van der Waals surface area contributed by atoms with Crippen LogP contribution in [0.2, 0.25) is 0 Å². The molecule has 0 spiro atoms. The lowest BCUT2D eigenvalue weighted by molar-refractivity contribution is -0.147. The third-order valence-corrected chi connectivity index (χ3v) is 2.74. The van der Waals surface area contributed by atoms with Crippen molar-refractivity contribution in [2.24, 2.45) is 5.92 Å². The summed E-state index contributed by atoms with van der Waals surface area (Å²) in [4.78, 5) is 22.1. The second kappa shape index (κ2) is 4.61. The Hall–Kier alpha value is -1.10. The molecule has 1 aliphatic rings. The summed E-state index contributed by atoms with van der Waals surface area (Å²) in [7, 11) is 0. The van der Waals surface area contributed by atoms with Gasteiger partial charge >= 0.3 is 11.9 Å². The van der Waals surface area contributed by atoms with Crippen LogP contribution in [0, 0.1) is 5.92 Å². The molecular formula is C10H17NO4. The van der Waals surface area contributed by atoms with Crippen LogP contribution in [0.4, 0.5) is 0 Å². The molecule has 0 bridgehead atoms. The van der Waals surface area contributed by atoms with Gasteiger partial charge in [0.2, 0.25) is 0 Å². The zero-order valence-corrected chi connectivity index (χ0v) is 9.08. The van der Waals surface area contributed by atoms with Crippen LogP contribution < -0.4 is 5.32 Å². The van der Waals surface area contributed by atoms with Gasteiger partial charge in [-0.05, 0) is 32.6 Å². The zero-order chi connectivity index (χ0) is 11.5. The van der Waals surface area contributed by atoms with E-state index in [1.165, 1.54) is 0 Å². The number of carbonyl (C=O) groups is 2. The van der Waals surface area contributed by atoms with Gasteiger partial charge in [-0.25, -0.2) is 0 Å². The number of hydrogen-bond acceptors (Lipinski definition) is 4. The van der Waals surface area contributed by atoms with Crippen LogP contribution in [0.25, 0.3) is 0 Å². The van der Waals surface area contributed by atoms with Crippen molar-refractivity contribution in [3.63, 3.8) is 0 Å². The number of hydrogen-bond donors (Lipinski definition) is 2. The van der Waals surface area contributed by atoms with Gasteiger partial charge in [0.15, 0.2) is 0 Å². The maximum Gasteiger partial charge on any atom is 0.323 e. The molecule has 0 aromatic carbocycles. The van der Waals surface area contributed by atoms with Crippen LogP contribution in [0.15, 0.2) is 0 Å². The summed E-state index contributed by atoms with van der Waals surface area (Å²) >= 11 is 0. The van der Waals surface area contributed by atoms with Crippen molar-refractivity contribution in [2.75, 3.05) is 13.2 Å². The Morgan fingerprint density at radius 3 is 2.53 bits per heavy atom. The van der Waals surface area contributed by atoms with Gasteiger partial charge in [0.25, 0.3) is 0 Å². The zero-order valence-electron chi connectivity index (χ0n) is 9.08. The Kier molecular flexibility index (Phi) is 3.68. The molecule has 15 heavy (non-hydrogen) atoms. The molecule has 0 aromatic heterocycles. The molecule has 0 heterocycles. The van der Waals surface area contributed by atoms with Crippen molar-refractivity contribution in [2.45, 2.75) is 32.2 Å². The van der Waals surface area contributed by atoms with Crippen LogP contribution in [-0.4, -0.2) is 35.7 Å². The highest BCUT2D eigenvalue weighted by Crippen LogP contribution is 2.39. The second-order valence-electron chi connectivity index (χ2n) is 3.94. The Balaban J connectivity index is 2.45. The summed E-state index contributed by atoms with van der Waals surface area (Å²) in [5.41, 5.74) is -0.993. The molecule has 1 aliphatic carbocycles. The summed E-state index contributed by atoms with van der Waals surface area (Å²) in [6, 6.07) is 0. The number of carboxylic acid groups (broad SMARTS) is 1. The standard InChI is InChI=1S/C10H17NO4/c1-3-15-8(12)6-11-10(2,9(13)14)7-4-5-7/h7,11H,3-6H2,1-2H3,(H,13,14). The van der Waals surface area contributed by atoms with E-state index in [2.05, 4.69) is 5.32 Å². The second-order valence-corrected chi connectivity index (χ2v) is 3.94. The summed E-state index contributed by atoms with van der Waals surface area (Å²) < 4.78 is 4.72. The maximum atomic E-state index is 11.1. The molecule has 0 aliphatic heterocycles. The quantitative estimate of drug-likeness (QED) is 0.627. The molecule has 1 saturated carbocycles. The van der Waals surface area contributed by atoms with E-state index in [1.54, 1.807) is 13.8 Å². The largest absolute Gasteiger partial charge is 0.480 e. The normalized spacial score (nSPS) is 19.3. The first kappa shape index (κ1) is 12.0. The van der Waals surface area contributed by atoms with E-state index < -0.39 is 17.5 Å². The molecule has 5 heteroatoms. The molecular weight excluding hydrogens is 198 g/mol. The molecule has 0 amide bonds. The Labute approximate surface area is 88.8 Å². The van der Waals surface area contributed by atoms with Crippen molar-refractivity contribution in [1.29, 1.82) is 0 Å². The fraction of sp³-hybridized carbons (Fsp3) is 0.800. The van der Waals surface area contributed by atoms with Gasteiger partial charge in [0.1, 0.15) is 5.54 Å². The van der Waals surface area contributed by atoms with Crippen LogP contribution in [0.1, 0.15) is 26.7 Å². The third-order valence-electron chi connectivity index (χ3n) is 2.74. The molecule has 1 rings (SSSR count). The Bertz CT molecular complexity index is 262. The van der Waals surface area contributed by atoms with Crippen molar-refractivity contribution in [3.05, 3.63) is 0 Å². The fourth-order valence-corrected chi connectivity index (χ4v) is 1.52. The van der Waals surface area contributed by atoms with Gasteiger partial charge in [0, 0.05) is 0 Å². The van der Waals surface area contributed by atoms with Gasteiger partial charge in [-0.15, -0.1) is 0 Å². The lowest BCUT2D eigenvalue weighted by Gasteiger charge is -2.25. The van der Waals surface area contributed by atoms with Gasteiger partial charge in [-0.1, -0.05) is 0 Å². The van der Waals surface area contributed by atoms with Crippen molar-refractivity contribution < 1.29 is 19.4 Å². The molecule has 1 atom stereocenters. The Morgan fingerprint density at radius 1 is 1.53 bits per heavy atom. The predicted octanol–water partition coefficient (Wildman–Crippen LogP) is 0.392. The van der Waals surface area contributed by atoms with E-state index in [9.17, 15) is 9.59 Å². The number of ether oxygens (including phenoxy) is 1. The van der Waals surface area contributed by atoms with Crippen molar-refractivity contribution in [3.8, 4) is 0 Å². The summed E-state index contributed by atoms with van der Waals surface area (Å²) in [5, 5.41) is 11.8. The van der Waals surface area contributed by atoms with E-state index >= 15 is 0 Å². The molecule has 86 valence electrons. The van der Waals surface area contributed by atoms with E-state index in [-0.39, 0.29) is 12.5 Å². The highest BCUT2D eigenvalue weighted by atomic mass is 16.5. The smallest absolute Gasteiger partial charge is 0.323 e. The van der Waals surface area contributed by atoms with E-state index in [4.69, 9.17) is 9.84 Å². The number of aliphatic carboxylic acids is 1. The first-order valence-electron chi connectivity index (χ1n) is 5.14. The van der Waals surface area contributed by atoms with Crippen LogP contribution in [0.5, 0.6) is 0 Å². The van der Waals surface area contributed by atoms with Crippen molar-refractivity contribution in [1.82, 2.24) is 5.32 Å². The molecule has 1 fully saturated rings. The van der Waals surface area contributed by atoms with Crippen molar-refractivity contribution >= 4 is 11.9 Å². The maximum absolute atomic E-state index is 11.1. The highest BCUT2D eigenvalue weighted by Gasteiger charge is 2.47. The third kappa shape index (κ3) is 2.92. The van der Waals surface area contributed by atoms with Crippen LogP contribution >= 0.6 is 0 Å². The minimum atomic E-state index is -0.993. The molecule has 0 aromatic rings. The monoisotopic (exact) mass is 215 g/mol. The minimum Gasteiger partial charge on any atom is -0.480 e. The topological polar surface area (TPSA) is 75.6 Å². The van der Waals surface area contributed by atoms with E-state index in [0.29, 0.717) is 6.61 Å². The SMILES string of the molecule is CCOC(=O)CNC(C)(C(=O)O)C1CC1. The molecule has 0 saturated heterocycles. The minimum absolute atomic E-state index is 0.0485. The summed E-state index contributed by atoms with van der Waals surface area (Å²) in [5.74, 6) is -1.19. The van der Waals surface area contributed by atoms with E-state index in [0.717, 1.165) is 12.8 Å². The number of esters is 1. The first-order valence-corrected chi connectivity index (χ1v) is 5.14. The molecule has 2 N–H and O–H groups in total. The van der Waals surface area contributed by atoms with Gasteiger partial charge < -0.3 is 9.84 Å². The fourth-order valence-electron chi connectivity index (χ4n) is 1.52. The lowest BCUT2D eigenvalue weighted by Crippen LogP contribution is -2.53. The average molecular weight is 215 g/mol. The summed E-state index contributed by atoms with van der Waals surface area (Å²) in [6.07, 6.45) is 1.80. The molecule has 5 nitrogen and oxygen atoms in total. The van der Waals surface area contributed by atoms with Gasteiger partial charge in [-0.3, -0.25) is 14.9 Å². The van der Waals surface area contributed by atoms with Crippen LogP contribution in [0.3, 0.4) is 0 Å². The number of carbonyl (C=O) groups excluding carboxylic acids is 1. The Morgan fingerprint density at radius 2 is 2.13 bits per heavy atom. The predicted molar refractivity (Wildman–Crippen MR) is 53.4 cm³/mol. The average Bonchev–Trinajstić information content (AvgIpc) is 2.97. The number of rotatable bonds is 6. The van der Waals surface area contributed by atoms with Gasteiger partial charge in [0.05, 0.1) is 13.2 Å². The number of carboxylic acids is 1. The molecule has 0 radical (unpaired) electrons. The van der Waals surface area contributed by atoms with Gasteiger partial charge in [-0.2, -0.15) is 0 Å². The van der Waals surface area contributed by atoms with Crippen LogP contribution in [-0.2, 0) is 14.3 Å². The molecule has 1 unspecified atom stereocenters.